The predicted molar refractivity (Wildman–Crippen MR) is 46.5 cm³/mol. The van der Waals surface area contributed by atoms with E-state index in [0.29, 0.717) is 6.61 Å². The van der Waals surface area contributed by atoms with Crippen LogP contribution in [0.4, 0.5) is 0 Å². The summed E-state index contributed by atoms with van der Waals surface area (Å²) in [6, 6.07) is 9.35. The highest BCUT2D eigenvalue weighted by atomic mass is 16.5. The minimum Gasteiger partial charge on any atom is -0.365 e. The van der Waals surface area contributed by atoms with Gasteiger partial charge < -0.3 is 4.74 Å². The van der Waals surface area contributed by atoms with Crippen LogP contribution in [0.5, 0.6) is 0 Å². The summed E-state index contributed by atoms with van der Waals surface area (Å²) in [5.74, 6) is 0. The molecule has 0 saturated carbocycles. The number of carbonyl (C=O) groups excluding carboxylic acids is 1. The van der Waals surface area contributed by atoms with Gasteiger partial charge in [0.1, 0.15) is 6.10 Å². The van der Waals surface area contributed by atoms with E-state index in [4.69, 9.17) is 4.74 Å². The second kappa shape index (κ2) is 4.67. The molecule has 0 bridgehead atoms. The van der Waals surface area contributed by atoms with Crippen molar-refractivity contribution in [3.8, 4) is 0 Å². The zero-order valence-electron chi connectivity index (χ0n) is 6.99. The Balaban J connectivity index is 2.73. The molecule has 1 atom stereocenters. The molecule has 0 aliphatic carbocycles. The average molecular weight is 163 g/mol. The van der Waals surface area contributed by atoms with Crippen molar-refractivity contribution >= 4 is 6.29 Å². The summed E-state index contributed by atoms with van der Waals surface area (Å²) in [5, 5.41) is 0. The molecule has 1 aromatic rings. The van der Waals surface area contributed by atoms with Crippen LogP contribution in [0, 0.1) is 0 Å². The van der Waals surface area contributed by atoms with Crippen molar-refractivity contribution in [2.75, 3.05) is 6.61 Å². The number of ether oxygens (including phenoxy) is 1. The zero-order valence-corrected chi connectivity index (χ0v) is 6.99. The van der Waals surface area contributed by atoms with Gasteiger partial charge in [0.15, 0.2) is 0 Å². The smallest absolute Gasteiger partial charge is 0.234 e. The molecule has 0 saturated heterocycles. The first kappa shape index (κ1) is 8.94. The lowest BCUT2D eigenvalue weighted by Gasteiger charge is -2.08. The predicted octanol–water partition coefficient (Wildman–Crippen LogP) is 1.87. The fourth-order valence-corrected chi connectivity index (χ4v) is 0.993. The standard InChI is InChI=1S/C10H11O2/c1-2-12-10(8-11)9-6-4-3-5-7-9/h3-7,10H,2H2,1H3. The third-order valence-electron chi connectivity index (χ3n) is 1.54. The summed E-state index contributed by atoms with van der Waals surface area (Å²) in [5.41, 5.74) is 0.856. The summed E-state index contributed by atoms with van der Waals surface area (Å²) in [6.45, 7) is 2.38. The monoisotopic (exact) mass is 163 g/mol. The summed E-state index contributed by atoms with van der Waals surface area (Å²) in [7, 11) is 0. The third kappa shape index (κ3) is 2.17. The number of rotatable bonds is 4. The quantitative estimate of drug-likeness (QED) is 0.677. The Kier molecular flexibility index (Phi) is 3.48. The first-order valence-corrected chi connectivity index (χ1v) is 3.92. The van der Waals surface area contributed by atoms with Gasteiger partial charge in [0, 0.05) is 6.61 Å². The van der Waals surface area contributed by atoms with Gasteiger partial charge in [-0.3, -0.25) is 4.79 Å². The van der Waals surface area contributed by atoms with Crippen LogP contribution >= 0.6 is 0 Å². The Morgan fingerprint density at radius 3 is 2.58 bits per heavy atom. The normalized spacial score (nSPS) is 12.4. The van der Waals surface area contributed by atoms with E-state index in [0.717, 1.165) is 5.56 Å². The number of hydrogen-bond donors (Lipinski definition) is 0. The highest BCUT2D eigenvalue weighted by Gasteiger charge is 2.09. The van der Waals surface area contributed by atoms with Crippen LogP contribution in [0.1, 0.15) is 18.6 Å². The van der Waals surface area contributed by atoms with Crippen molar-refractivity contribution in [3.05, 3.63) is 35.9 Å². The van der Waals surface area contributed by atoms with E-state index < -0.39 is 6.10 Å². The summed E-state index contributed by atoms with van der Waals surface area (Å²) >= 11 is 0. The molecule has 2 nitrogen and oxygen atoms in total. The highest BCUT2D eigenvalue weighted by molar-refractivity contribution is 5.60. The highest BCUT2D eigenvalue weighted by Crippen LogP contribution is 2.13. The molecule has 1 unspecified atom stereocenters. The van der Waals surface area contributed by atoms with Crippen LogP contribution in [0.3, 0.4) is 0 Å². The Hall–Kier alpha value is -1.15. The van der Waals surface area contributed by atoms with E-state index >= 15 is 0 Å². The van der Waals surface area contributed by atoms with Gasteiger partial charge in [-0.25, -0.2) is 0 Å². The molecular weight excluding hydrogens is 152 g/mol. The molecule has 12 heavy (non-hydrogen) atoms. The molecule has 0 aliphatic heterocycles. The second-order valence-electron chi connectivity index (χ2n) is 2.36. The van der Waals surface area contributed by atoms with Crippen molar-refractivity contribution in [1.29, 1.82) is 0 Å². The van der Waals surface area contributed by atoms with Crippen molar-refractivity contribution in [2.24, 2.45) is 0 Å². The largest absolute Gasteiger partial charge is 0.365 e. The molecule has 1 rings (SSSR count). The van der Waals surface area contributed by atoms with Crippen LogP contribution in [-0.4, -0.2) is 12.9 Å². The van der Waals surface area contributed by atoms with Gasteiger partial charge in [-0.05, 0) is 12.5 Å². The minimum atomic E-state index is -0.531. The Morgan fingerprint density at radius 2 is 2.08 bits per heavy atom. The fraction of sp³-hybridized carbons (Fsp3) is 0.300. The first-order chi connectivity index (χ1) is 5.88. The second-order valence-corrected chi connectivity index (χ2v) is 2.36. The van der Waals surface area contributed by atoms with Crippen LogP contribution in [0.15, 0.2) is 30.3 Å². The van der Waals surface area contributed by atoms with Crippen molar-refractivity contribution in [2.45, 2.75) is 13.0 Å². The molecule has 0 aliphatic rings. The fourth-order valence-electron chi connectivity index (χ4n) is 0.993. The Morgan fingerprint density at radius 1 is 1.42 bits per heavy atom. The molecule has 0 fully saturated rings. The lowest BCUT2D eigenvalue weighted by atomic mass is 10.1. The Bertz CT molecular complexity index is 231. The number of benzene rings is 1. The van der Waals surface area contributed by atoms with E-state index in [1.54, 1.807) is 0 Å². The molecule has 1 aromatic carbocycles. The lowest BCUT2D eigenvalue weighted by molar-refractivity contribution is 0.108. The summed E-state index contributed by atoms with van der Waals surface area (Å²) in [4.78, 5) is 10.4. The average Bonchev–Trinajstić information content (AvgIpc) is 2.15. The van der Waals surface area contributed by atoms with Gasteiger partial charge in [-0.2, -0.15) is 0 Å². The maximum atomic E-state index is 10.4. The molecule has 0 spiro atoms. The Labute approximate surface area is 72.2 Å². The summed E-state index contributed by atoms with van der Waals surface area (Å²) in [6.07, 6.45) is 1.32. The lowest BCUT2D eigenvalue weighted by Crippen LogP contribution is -2.04. The summed E-state index contributed by atoms with van der Waals surface area (Å²) < 4.78 is 5.15. The zero-order chi connectivity index (χ0) is 8.81. The van der Waals surface area contributed by atoms with Gasteiger partial charge in [0.2, 0.25) is 6.29 Å². The molecule has 0 aromatic heterocycles. The van der Waals surface area contributed by atoms with E-state index in [-0.39, 0.29) is 0 Å². The molecular formula is C10H11O2. The minimum absolute atomic E-state index is 0.523. The SMILES string of the molecule is CCOC([C]=O)c1ccccc1. The van der Waals surface area contributed by atoms with Crippen molar-refractivity contribution in [3.63, 3.8) is 0 Å². The van der Waals surface area contributed by atoms with E-state index in [2.05, 4.69) is 0 Å². The van der Waals surface area contributed by atoms with Gasteiger partial charge in [0.25, 0.3) is 0 Å². The van der Waals surface area contributed by atoms with Gasteiger partial charge in [0.05, 0.1) is 0 Å². The molecule has 0 heterocycles. The van der Waals surface area contributed by atoms with Gasteiger partial charge in [-0.15, -0.1) is 0 Å². The molecule has 1 radical (unpaired) electrons. The van der Waals surface area contributed by atoms with E-state index in [1.807, 2.05) is 43.5 Å². The maximum absolute atomic E-state index is 10.4. The van der Waals surface area contributed by atoms with E-state index in [1.165, 1.54) is 0 Å². The molecule has 63 valence electrons. The molecule has 0 N–H and O–H groups in total. The van der Waals surface area contributed by atoms with Gasteiger partial charge >= 0.3 is 0 Å². The van der Waals surface area contributed by atoms with Crippen LogP contribution in [-0.2, 0) is 9.53 Å². The third-order valence-corrected chi connectivity index (χ3v) is 1.54. The topological polar surface area (TPSA) is 26.3 Å². The van der Waals surface area contributed by atoms with Gasteiger partial charge in [-0.1, -0.05) is 30.3 Å². The maximum Gasteiger partial charge on any atom is 0.234 e. The molecule has 2 heteroatoms. The van der Waals surface area contributed by atoms with Crippen molar-refractivity contribution < 1.29 is 9.53 Å². The first-order valence-electron chi connectivity index (χ1n) is 3.92. The van der Waals surface area contributed by atoms with Crippen LogP contribution in [0.25, 0.3) is 0 Å². The van der Waals surface area contributed by atoms with Crippen LogP contribution in [0.2, 0.25) is 0 Å². The van der Waals surface area contributed by atoms with Crippen LogP contribution < -0.4 is 0 Å². The van der Waals surface area contributed by atoms with Crippen molar-refractivity contribution in [1.82, 2.24) is 0 Å². The molecule has 0 amide bonds. The van der Waals surface area contributed by atoms with E-state index in [9.17, 15) is 4.79 Å². The number of hydrogen-bond acceptors (Lipinski definition) is 2.